The molecular formula is C14H23N3O. The number of nitrogens with zero attached hydrogens (tertiary/aromatic N) is 2. The summed E-state index contributed by atoms with van der Waals surface area (Å²) >= 11 is 0. The Morgan fingerprint density at radius 3 is 2.72 bits per heavy atom. The molecule has 1 aromatic heterocycles. The zero-order valence-corrected chi connectivity index (χ0v) is 11.5. The third-order valence-electron chi connectivity index (χ3n) is 3.12. The molecule has 2 N–H and O–H groups in total. The molecule has 4 nitrogen and oxygen atoms in total. The van der Waals surface area contributed by atoms with Crippen molar-refractivity contribution in [3.8, 4) is 0 Å². The van der Waals surface area contributed by atoms with Gasteiger partial charge in [0, 0.05) is 44.4 Å². The van der Waals surface area contributed by atoms with E-state index in [1.54, 1.807) is 11.1 Å². The smallest absolute Gasteiger partial charge is 0.223 e. The lowest BCUT2D eigenvalue weighted by Gasteiger charge is -2.21. The summed E-state index contributed by atoms with van der Waals surface area (Å²) in [5.74, 6) is 0.435. The lowest BCUT2D eigenvalue weighted by molar-refractivity contribution is -0.130. The van der Waals surface area contributed by atoms with Gasteiger partial charge in [-0.2, -0.15) is 0 Å². The fraction of sp³-hybridized carbons (Fsp3) is 0.571. The first-order chi connectivity index (χ1) is 8.50. The Morgan fingerprint density at radius 2 is 2.17 bits per heavy atom. The number of hydrogen-bond acceptors (Lipinski definition) is 3. The summed E-state index contributed by atoms with van der Waals surface area (Å²) in [6.07, 6.45) is 2.96. The molecule has 0 bridgehead atoms. The third kappa shape index (κ3) is 4.84. The van der Waals surface area contributed by atoms with Crippen LogP contribution in [-0.2, 0) is 11.2 Å². The van der Waals surface area contributed by atoms with Gasteiger partial charge in [-0.3, -0.25) is 9.78 Å². The molecule has 1 aromatic rings. The fourth-order valence-corrected chi connectivity index (χ4v) is 1.55. The number of rotatable bonds is 6. The highest BCUT2D eigenvalue weighted by atomic mass is 16.2. The number of pyridine rings is 1. The zero-order valence-electron chi connectivity index (χ0n) is 11.5. The maximum absolute atomic E-state index is 11.9. The minimum Gasteiger partial charge on any atom is -0.345 e. The van der Waals surface area contributed by atoms with Gasteiger partial charge in [-0.15, -0.1) is 0 Å². The molecule has 1 amide bonds. The molecule has 100 valence electrons. The summed E-state index contributed by atoms with van der Waals surface area (Å²) < 4.78 is 0. The Kier molecular flexibility index (Phi) is 5.78. The minimum atomic E-state index is -0.0604. The van der Waals surface area contributed by atoms with Crippen LogP contribution < -0.4 is 5.73 Å². The van der Waals surface area contributed by atoms with Crippen molar-refractivity contribution >= 4 is 5.91 Å². The first kappa shape index (κ1) is 14.6. The van der Waals surface area contributed by atoms with Crippen molar-refractivity contribution in [1.82, 2.24) is 9.88 Å². The summed E-state index contributed by atoms with van der Waals surface area (Å²) in [4.78, 5) is 17.9. The normalized spacial score (nSPS) is 12.5. The number of amides is 1. The highest BCUT2D eigenvalue weighted by molar-refractivity contribution is 5.76. The van der Waals surface area contributed by atoms with Crippen LogP contribution in [0.3, 0.4) is 0 Å². The van der Waals surface area contributed by atoms with Crippen LogP contribution in [-0.4, -0.2) is 35.4 Å². The standard InChI is InChI=1S/C14H23N3O/c1-11(2)13(15)10-14(18)17(3)9-7-12-6-4-5-8-16-12/h4-6,8,11,13H,7,9-10,15H2,1-3H3. The molecule has 0 aliphatic heterocycles. The highest BCUT2D eigenvalue weighted by Crippen LogP contribution is 2.05. The van der Waals surface area contributed by atoms with Gasteiger partial charge in [-0.25, -0.2) is 0 Å². The van der Waals surface area contributed by atoms with Gasteiger partial charge in [0.15, 0.2) is 0 Å². The van der Waals surface area contributed by atoms with Crippen LogP contribution in [0.5, 0.6) is 0 Å². The molecule has 0 aromatic carbocycles. The van der Waals surface area contributed by atoms with E-state index < -0.39 is 0 Å². The first-order valence-corrected chi connectivity index (χ1v) is 6.40. The van der Waals surface area contributed by atoms with Crippen LogP contribution in [0.1, 0.15) is 26.0 Å². The average molecular weight is 249 g/mol. The van der Waals surface area contributed by atoms with Crippen molar-refractivity contribution in [2.24, 2.45) is 11.7 Å². The van der Waals surface area contributed by atoms with Crippen molar-refractivity contribution < 1.29 is 4.79 Å². The van der Waals surface area contributed by atoms with Gasteiger partial charge >= 0.3 is 0 Å². The number of carbonyl (C=O) groups excluding carboxylic acids is 1. The van der Waals surface area contributed by atoms with E-state index in [-0.39, 0.29) is 11.9 Å². The number of hydrogen-bond donors (Lipinski definition) is 1. The molecular weight excluding hydrogens is 226 g/mol. The predicted molar refractivity (Wildman–Crippen MR) is 73.0 cm³/mol. The van der Waals surface area contributed by atoms with E-state index in [0.29, 0.717) is 18.9 Å². The highest BCUT2D eigenvalue weighted by Gasteiger charge is 2.16. The van der Waals surface area contributed by atoms with Gasteiger partial charge in [-0.05, 0) is 18.1 Å². The Morgan fingerprint density at radius 1 is 1.44 bits per heavy atom. The summed E-state index contributed by atoms with van der Waals surface area (Å²) in [5, 5.41) is 0. The number of nitrogens with two attached hydrogens (primary N) is 1. The fourth-order valence-electron chi connectivity index (χ4n) is 1.55. The second-order valence-corrected chi connectivity index (χ2v) is 5.00. The first-order valence-electron chi connectivity index (χ1n) is 6.40. The number of likely N-dealkylation sites (N-methyl/N-ethyl adjacent to an activating group) is 1. The van der Waals surface area contributed by atoms with E-state index in [4.69, 9.17) is 5.73 Å². The second-order valence-electron chi connectivity index (χ2n) is 5.00. The van der Waals surface area contributed by atoms with Gasteiger partial charge in [0.25, 0.3) is 0 Å². The zero-order chi connectivity index (χ0) is 13.5. The van der Waals surface area contributed by atoms with Crippen molar-refractivity contribution in [3.63, 3.8) is 0 Å². The lowest BCUT2D eigenvalue weighted by atomic mass is 10.0. The van der Waals surface area contributed by atoms with E-state index >= 15 is 0 Å². The van der Waals surface area contributed by atoms with Crippen molar-refractivity contribution in [2.45, 2.75) is 32.7 Å². The van der Waals surface area contributed by atoms with Gasteiger partial charge < -0.3 is 10.6 Å². The Balaban J connectivity index is 2.36. The monoisotopic (exact) mass is 249 g/mol. The van der Waals surface area contributed by atoms with Gasteiger partial charge in [-0.1, -0.05) is 19.9 Å². The molecule has 1 unspecified atom stereocenters. The predicted octanol–water partition coefficient (Wildman–Crippen LogP) is 1.46. The molecule has 0 aliphatic rings. The number of carbonyl (C=O) groups is 1. The molecule has 0 saturated heterocycles. The average Bonchev–Trinajstić information content (AvgIpc) is 2.36. The summed E-state index contributed by atoms with van der Waals surface area (Å²) in [7, 11) is 1.82. The quantitative estimate of drug-likeness (QED) is 0.830. The van der Waals surface area contributed by atoms with Gasteiger partial charge in [0.1, 0.15) is 0 Å². The second kappa shape index (κ2) is 7.11. The van der Waals surface area contributed by atoms with Crippen molar-refractivity contribution in [3.05, 3.63) is 30.1 Å². The SMILES string of the molecule is CC(C)C(N)CC(=O)N(C)CCc1ccccn1. The Bertz CT molecular complexity index is 365. The molecule has 0 radical (unpaired) electrons. The summed E-state index contributed by atoms with van der Waals surface area (Å²) in [6, 6.07) is 5.76. The van der Waals surface area contributed by atoms with Crippen molar-refractivity contribution in [2.75, 3.05) is 13.6 Å². The Hall–Kier alpha value is -1.42. The largest absolute Gasteiger partial charge is 0.345 e. The minimum absolute atomic E-state index is 0.0604. The third-order valence-corrected chi connectivity index (χ3v) is 3.12. The van der Waals surface area contributed by atoms with E-state index in [1.165, 1.54) is 0 Å². The van der Waals surface area contributed by atoms with Crippen LogP contribution in [0.25, 0.3) is 0 Å². The van der Waals surface area contributed by atoms with Crippen LogP contribution in [0.2, 0.25) is 0 Å². The summed E-state index contributed by atoms with van der Waals surface area (Å²) in [5.41, 5.74) is 6.91. The van der Waals surface area contributed by atoms with Crippen LogP contribution in [0.4, 0.5) is 0 Å². The molecule has 18 heavy (non-hydrogen) atoms. The molecule has 0 spiro atoms. The maximum Gasteiger partial charge on any atom is 0.223 e. The molecule has 1 heterocycles. The molecule has 4 heteroatoms. The van der Waals surface area contributed by atoms with E-state index in [2.05, 4.69) is 4.98 Å². The molecule has 0 fully saturated rings. The van der Waals surface area contributed by atoms with Crippen LogP contribution in [0, 0.1) is 5.92 Å². The van der Waals surface area contributed by atoms with E-state index in [0.717, 1.165) is 12.1 Å². The van der Waals surface area contributed by atoms with Crippen molar-refractivity contribution in [1.29, 1.82) is 0 Å². The van der Waals surface area contributed by atoms with Crippen LogP contribution >= 0.6 is 0 Å². The van der Waals surface area contributed by atoms with E-state index in [1.807, 2.05) is 39.1 Å². The molecule has 1 rings (SSSR count). The molecule has 0 saturated carbocycles. The summed E-state index contributed by atoms with van der Waals surface area (Å²) in [6.45, 7) is 4.75. The lowest BCUT2D eigenvalue weighted by Crippen LogP contribution is -2.36. The van der Waals surface area contributed by atoms with Gasteiger partial charge in [0.2, 0.25) is 5.91 Å². The molecule has 0 aliphatic carbocycles. The van der Waals surface area contributed by atoms with Crippen LogP contribution in [0.15, 0.2) is 24.4 Å². The number of aromatic nitrogens is 1. The molecule has 1 atom stereocenters. The van der Waals surface area contributed by atoms with E-state index in [9.17, 15) is 4.79 Å². The Labute approximate surface area is 109 Å². The van der Waals surface area contributed by atoms with Gasteiger partial charge in [0.05, 0.1) is 0 Å². The topological polar surface area (TPSA) is 59.2 Å². The maximum atomic E-state index is 11.9.